The standard InChI is InChI=1S/C15H24BFO3/c1-3-4-5-6-7-12(2)20-11-13-8-9-14(17)10-15(13)16(18)19/h8-10,12,18-19H,3-7,11H2,1-2H3. The number of rotatable bonds is 9. The molecule has 0 spiro atoms. The first-order chi connectivity index (χ1) is 9.54. The summed E-state index contributed by atoms with van der Waals surface area (Å²) in [5.41, 5.74) is 0.782. The third kappa shape index (κ3) is 6.03. The van der Waals surface area contributed by atoms with Gasteiger partial charge in [0.05, 0.1) is 12.7 Å². The van der Waals surface area contributed by atoms with Gasteiger partial charge in [-0.3, -0.25) is 0 Å². The minimum atomic E-state index is -1.68. The number of halogens is 1. The quantitative estimate of drug-likeness (QED) is 0.540. The molecule has 0 saturated heterocycles. The van der Waals surface area contributed by atoms with Crippen LogP contribution in [-0.4, -0.2) is 23.3 Å². The van der Waals surface area contributed by atoms with Crippen LogP contribution in [0.2, 0.25) is 0 Å². The Morgan fingerprint density at radius 1 is 1.25 bits per heavy atom. The van der Waals surface area contributed by atoms with Crippen molar-refractivity contribution < 1.29 is 19.2 Å². The molecule has 1 rings (SSSR count). The Hall–Kier alpha value is -0.905. The lowest BCUT2D eigenvalue weighted by molar-refractivity contribution is 0.0462. The highest BCUT2D eigenvalue weighted by Gasteiger charge is 2.17. The first-order valence-electron chi connectivity index (χ1n) is 7.30. The summed E-state index contributed by atoms with van der Waals surface area (Å²) in [6, 6.07) is 3.97. The summed E-state index contributed by atoms with van der Waals surface area (Å²) in [6.07, 6.45) is 5.89. The van der Waals surface area contributed by atoms with Crippen LogP contribution in [0.5, 0.6) is 0 Å². The second-order valence-corrected chi connectivity index (χ2v) is 5.19. The Morgan fingerprint density at radius 3 is 2.65 bits per heavy atom. The Kier molecular flexibility index (Phi) is 7.81. The average Bonchev–Trinajstić information content (AvgIpc) is 2.42. The highest BCUT2D eigenvalue weighted by Crippen LogP contribution is 2.10. The maximum Gasteiger partial charge on any atom is 0.488 e. The summed E-state index contributed by atoms with van der Waals surface area (Å²) in [5, 5.41) is 18.5. The van der Waals surface area contributed by atoms with E-state index >= 15 is 0 Å². The summed E-state index contributed by atoms with van der Waals surface area (Å²) >= 11 is 0. The fourth-order valence-corrected chi connectivity index (χ4v) is 2.11. The zero-order valence-electron chi connectivity index (χ0n) is 12.3. The van der Waals surface area contributed by atoms with E-state index in [0.29, 0.717) is 5.56 Å². The first kappa shape index (κ1) is 17.1. The summed E-state index contributed by atoms with van der Waals surface area (Å²) in [5.74, 6) is -0.482. The van der Waals surface area contributed by atoms with Gasteiger partial charge < -0.3 is 14.8 Å². The lowest BCUT2D eigenvalue weighted by atomic mass is 9.77. The second-order valence-electron chi connectivity index (χ2n) is 5.19. The van der Waals surface area contributed by atoms with Crippen LogP contribution in [0.25, 0.3) is 0 Å². The van der Waals surface area contributed by atoms with E-state index in [1.807, 2.05) is 6.92 Å². The van der Waals surface area contributed by atoms with E-state index in [9.17, 15) is 14.4 Å². The van der Waals surface area contributed by atoms with Crippen LogP contribution < -0.4 is 5.46 Å². The van der Waals surface area contributed by atoms with E-state index in [1.54, 1.807) is 0 Å². The van der Waals surface area contributed by atoms with Gasteiger partial charge in [0.25, 0.3) is 0 Å². The molecule has 0 fully saturated rings. The summed E-state index contributed by atoms with van der Waals surface area (Å²) in [7, 11) is -1.68. The van der Waals surface area contributed by atoms with E-state index in [2.05, 4.69) is 6.92 Å². The fraction of sp³-hybridized carbons (Fsp3) is 0.600. The van der Waals surface area contributed by atoms with E-state index in [4.69, 9.17) is 4.74 Å². The molecule has 0 saturated carbocycles. The van der Waals surface area contributed by atoms with Crippen LogP contribution in [0.15, 0.2) is 18.2 Å². The highest BCUT2D eigenvalue weighted by molar-refractivity contribution is 6.59. The van der Waals surface area contributed by atoms with Gasteiger partial charge in [-0.25, -0.2) is 4.39 Å². The van der Waals surface area contributed by atoms with Crippen molar-refractivity contribution in [3.63, 3.8) is 0 Å². The largest absolute Gasteiger partial charge is 0.488 e. The molecule has 0 aliphatic rings. The molecule has 1 unspecified atom stereocenters. The van der Waals surface area contributed by atoms with Crippen molar-refractivity contribution >= 4 is 12.6 Å². The van der Waals surface area contributed by atoms with Crippen LogP contribution in [0.1, 0.15) is 51.5 Å². The van der Waals surface area contributed by atoms with Crippen molar-refractivity contribution in [3.8, 4) is 0 Å². The molecule has 0 bridgehead atoms. The van der Waals surface area contributed by atoms with Crippen molar-refractivity contribution in [2.45, 2.75) is 58.7 Å². The summed E-state index contributed by atoms with van der Waals surface area (Å²) in [6.45, 7) is 4.45. The SMILES string of the molecule is CCCCCCC(C)OCc1ccc(F)cc1B(O)O. The molecule has 0 aliphatic carbocycles. The van der Waals surface area contributed by atoms with Gasteiger partial charge in [-0.05, 0) is 36.5 Å². The molecule has 1 aromatic rings. The van der Waals surface area contributed by atoms with Crippen LogP contribution >= 0.6 is 0 Å². The minimum Gasteiger partial charge on any atom is -0.423 e. The maximum atomic E-state index is 13.1. The first-order valence-corrected chi connectivity index (χ1v) is 7.30. The number of ether oxygens (including phenoxy) is 1. The Bertz CT molecular complexity index is 399. The van der Waals surface area contributed by atoms with E-state index in [-0.39, 0.29) is 18.2 Å². The van der Waals surface area contributed by atoms with E-state index in [0.717, 1.165) is 18.9 Å². The average molecular weight is 282 g/mol. The van der Waals surface area contributed by atoms with Crippen molar-refractivity contribution in [3.05, 3.63) is 29.6 Å². The fourth-order valence-electron chi connectivity index (χ4n) is 2.11. The molecule has 0 aromatic heterocycles. The molecule has 20 heavy (non-hydrogen) atoms. The van der Waals surface area contributed by atoms with Gasteiger partial charge in [0.2, 0.25) is 0 Å². The third-order valence-corrected chi connectivity index (χ3v) is 3.37. The molecule has 0 amide bonds. The molecule has 5 heteroatoms. The van der Waals surface area contributed by atoms with Crippen LogP contribution in [0.3, 0.4) is 0 Å². The van der Waals surface area contributed by atoms with Crippen LogP contribution in [0, 0.1) is 5.82 Å². The van der Waals surface area contributed by atoms with Crippen LogP contribution in [-0.2, 0) is 11.3 Å². The van der Waals surface area contributed by atoms with Crippen molar-refractivity contribution in [2.75, 3.05) is 0 Å². The molecule has 1 atom stereocenters. The topological polar surface area (TPSA) is 49.7 Å². The zero-order chi connectivity index (χ0) is 15.0. The number of hydrogen-bond acceptors (Lipinski definition) is 3. The van der Waals surface area contributed by atoms with Crippen molar-refractivity contribution in [1.29, 1.82) is 0 Å². The zero-order valence-corrected chi connectivity index (χ0v) is 12.3. The van der Waals surface area contributed by atoms with Crippen molar-refractivity contribution in [2.24, 2.45) is 0 Å². The van der Waals surface area contributed by atoms with Gasteiger partial charge in [0.15, 0.2) is 0 Å². The van der Waals surface area contributed by atoms with Gasteiger partial charge in [-0.15, -0.1) is 0 Å². The maximum absolute atomic E-state index is 13.1. The molecule has 0 heterocycles. The monoisotopic (exact) mass is 282 g/mol. The Morgan fingerprint density at radius 2 is 2.00 bits per heavy atom. The molecule has 2 N–H and O–H groups in total. The molecule has 112 valence electrons. The molecule has 0 radical (unpaired) electrons. The Labute approximate surface area is 120 Å². The number of unbranched alkanes of at least 4 members (excludes halogenated alkanes) is 3. The molecule has 3 nitrogen and oxygen atoms in total. The predicted molar refractivity (Wildman–Crippen MR) is 79.2 cm³/mol. The summed E-state index contributed by atoms with van der Waals surface area (Å²) in [4.78, 5) is 0. The molecule has 1 aromatic carbocycles. The van der Waals surface area contributed by atoms with E-state index in [1.165, 1.54) is 31.4 Å². The lowest BCUT2D eigenvalue weighted by Crippen LogP contribution is -2.34. The second kappa shape index (κ2) is 9.11. The Balaban J connectivity index is 2.44. The van der Waals surface area contributed by atoms with Crippen molar-refractivity contribution in [1.82, 2.24) is 0 Å². The third-order valence-electron chi connectivity index (χ3n) is 3.37. The number of hydrogen-bond donors (Lipinski definition) is 2. The van der Waals surface area contributed by atoms with Gasteiger partial charge in [-0.2, -0.15) is 0 Å². The normalized spacial score (nSPS) is 12.4. The minimum absolute atomic E-state index is 0.112. The smallest absolute Gasteiger partial charge is 0.423 e. The molecule has 0 aliphatic heterocycles. The van der Waals surface area contributed by atoms with E-state index < -0.39 is 12.9 Å². The van der Waals surface area contributed by atoms with Crippen LogP contribution in [0.4, 0.5) is 4.39 Å². The van der Waals surface area contributed by atoms with Gasteiger partial charge in [0, 0.05) is 0 Å². The molecular weight excluding hydrogens is 258 g/mol. The molecular formula is C15H24BFO3. The van der Waals surface area contributed by atoms with Gasteiger partial charge >= 0.3 is 7.12 Å². The summed E-state index contributed by atoms with van der Waals surface area (Å²) < 4.78 is 18.8. The predicted octanol–water partition coefficient (Wildman–Crippen LogP) is 2.38. The van der Waals surface area contributed by atoms with Gasteiger partial charge in [0.1, 0.15) is 5.82 Å². The number of benzene rings is 1. The highest BCUT2D eigenvalue weighted by atomic mass is 19.1. The van der Waals surface area contributed by atoms with Gasteiger partial charge in [-0.1, -0.05) is 38.7 Å². The lowest BCUT2D eigenvalue weighted by Gasteiger charge is -2.15.